The Morgan fingerprint density at radius 2 is 1.26 bits per heavy atom. The Labute approximate surface area is 293 Å². The lowest BCUT2D eigenvalue weighted by Crippen LogP contribution is -2.56. The number of piperidine rings is 2. The highest BCUT2D eigenvalue weighted by Gasteiger charge is 2.37. The number of carbonyl (C=O) groups is 2. The van der Waals surface area contributed by atoms with Crippen molar-refractivity contribution in [2.24, 2.45) is 0 Å². The van der Waals surface area contributed by atoms with Gasteiger partial charge in [-0.05, 0) is 107 Å². The molecule has 5 aliphatic rings. The number of urea groups is 1. The SMILES string of the molecule is O=C(Nc1ccc(C(=O)N2CCC(N3CCCC3)CC2)cc1)Nc1ccc(-c2nc(N3CCOCC3)nc(N3C4CCCC3COC4)n2)cc1. The smallest absolute Gasteiger partial charge is 0.323 e. The van der Waals surface area contributed by atoms with E-state index in [-0.39, 0.29) is 24.0 Å². The molecule has 2 unspecified atom stereocenters. The van der Waals surface area contributed by atoms with Crippen LogP contribution in [0.15, 0.2) is 48.5 Å². The van der Waals surface area contributed by atoms with Gasteiger partial charge in [0, 0.05) is 54.7 Å². The maximum Gasteiger partial charge on any atom is 0.323 e. The standard InChI is InChI=1S/C37H47N9O4/c47-34(44-18-14-30(15-19-44)43-16-1-2-17-43)27-8-12-29(13-9-27)39-37(48)38-28-10-6-26(7-11-28)33-40-35(45-20-22-49-23-21-45)42-36(41-33)46-31-4-3-5-32(46)25-50-24-31/h6-13,30-32H,1-5,14-25H2,(H2,38,39,48). The van der Waals surface area contributed by atoms with Gasteiger partial charge in [-0.3, -0.25) is 4.79 Å². The summed E-state index contributed by atoms with van der Waals surface area (Å²) >= 11 is 0. The average Bonchev–Trinajstić information content (AvgIpc) is 3.71. The molecule has 0 aliphatic carbocycles. The summed E-state index contributed by atoms with van der Waals surface area (Å²) < 4.78 is 11.5. The second kappa shape index (κ2) is 14.9. The molecular weight excluding hydrogens is 634 g/mol. The number of aromatic nitrogens is 3. The van der Waals surface area contributed by atoms with Gasteiger partial charge in [0.1, 0.15) is 0 Å². The fourth-order valence-electron chi connectivity index (χ4n) is 8.08. The first-order chi connectivity index (χ1) is 24.6. The number of nitrogens with one attached hydrogen (secondary N) is 2. The molecule has 6 heterocycles. The molecule has 0 radical (unpaired) electrons. The molecule has 2 N–H and O–H groups in total. The molecule has 5 fully saturated rings. The third-order valence-electron chi connectivity index (χ3n) is 10.8. The van der Waals surface area contributed by atoms with Gasteiger partial charge in [-0.25, -0.2) is 4.79 Å². The first kappa shape index (κ1) is 32.9. The highest BCUT2D eigenvalue weighted by atomic mass is 16.5. The molecule has 0 spiro atoms. The van der Waals surface area contributed by atoms with Crippen LogP contribution in [0.25, 0.3) is 11.4 Å². The molecule has 50 heavy (non-hydrogen) atoms. The molecule has 13 heteroatoms. The minimum Gasteiger partial charge on any atom is -0.378 e. The predicted octanol–water partition coefficient (Wildman–Crippen LogP) is 4.48. The van der Waals surface area contributed by atoms with E-state index >= 15 is 0 Å². The van der Waals surface area contributed by atoms with Gasteiger partial charge in [0.2, 0.25) is 11.9 Å². The summed E-state index contributed by atoms with van der Waals surface area (Å²) in [6.07, 6.45) is 7.97. The maximum absolute atomic E-state index is 13.2. The number of carbonyl (C=O) groups excluding carboxylic acids is 2. The van der Waals surface area contributed by atoms with E-state index in [2.05, 4.69) is 25.3 Å². The molecule has 13 nitrogen and oxygen atoms in total. The Morgan fingerprint density at radius 3 is 1.92 bits per heavy atom. The van der Waals surface area contributed by atoms with E-state index in [1.54, 1.807) is 24.3 Å². The first-order valence-electron chi connectivity index (χ1n) is 18.3. The van der Waals surface area contributed by atoms with Crippen LogP contribution in [0.3, 0.4) is 0 Å². The number of nitrogens with zero attached hydrogens (tertiary/aromatic N) is 7. The summed E-state index contributed by atoms with van der Waals surface area (Å²) in [6.45, 7) is 8.09. The zero-order valence-electron chi connectivity index (χ0n) is 28.6. The maximum atomic E-state index is 13.2. The van der Waals surface area contributed by atoms with Gasteiger partial charge in [-0.15, -0.1) is 0 Å². The second-order valence-electron chi connectivity index (χ2n) is 14.0. The normalized spacial score (nSPS) is 23.2. The van der Waals surface area contributed by atoms with Gasteiger partial charge in [-0.2, -0.15) is 15.0 Å². The molecule has 264 valence electrons. The van der Waals surface area contributed by atoms with Crippen LogP contribution in [-0.4, -0.2) is 121 Å². The lowest BCUT2D eigenvalue weighted by Gasteiger charge is -2.45. The van der Waals surface area contributed by atoms with Crippen molar-refractivity contribution in [3.05, 3.63) is 54.1 Å². The van der Waals surface area contributed by atoms with Crippen LogP contribution in [0.5, 0.6) is 0 Å². The summed E-state index contributed by atoms with van der Waals surface area (Å²) in [4.78, 5) is 50.0. The van der Waals surface area contributed by atoms with Gasteiger partial charge in [-0.1, -0.05) is 0 Å². The molecule has 2 aromatic carbocycles. The number of fused-ring (bicyclic) bond motifs is 2. The quantitative estimate of drug-likeness (QED) is 0.369. The predicted molar refractivity (Wildman–Crippen MR) is 192 cm³/mol. The van der Waals surface area contributed by atoms with Crippen molar-refractivity contribution in [3.8, 4) is 11.4 Å². The molecule has 5 saturated heterocycles. The first-order valence-corrected chi connectivity index (χ1v) is 18.3. The van der Waals surface area contributed by atoms with E-state index in [4.69, 9.17) is 24.4 Å². The Bertz CT molecular complexity index is 1610. The largest absolute Gasteiger partial charge is 0.378 e. The van der Waals surface area contributed by atoms with Gasteiger partial charge in [0.25, 0.3) is 5.91 Å². The van der Waals surface area contributed by atoms with Crippen LogP contribution in [0.2, 0.25) is 0 Å². The lowest BCUT2D eigenvalue weighted by molar-refractivity contribution is 0.0452. The number of likely N-dealkylation sites (tertiary alicyclic amines) is 2. The molecule has 2 bridgehead atoms. The molecule has 0 saturated carbocycles. The molecule has 3 aromatic rings. The number of benzene rings is 2. The minimum atomic E-state index is -0.364. The van der Waals surface area contributed by atoms with E-state index in [9.17, 15) is 9.59 Å². The Balaban J connectivity index is 0.900. The number of anilines is 4. The summed E-state index contributed by atoms with van der Waals surface area (Å²) in [5.74, 6) is 2.01. The number of hydrogen-bond acceptors (Lipinski definition) is 10. The summed E-state index contributed by atoms with van der Waals surface area (Å²) in [5, 5.41) is 5.79. The average molecular weight is 682 g/mol. The van der Waals surface area contributed by atoms with Crippen LogP contribution < -0.4 is 20.4 Å². The van der Waals surface area contributed by atoms with Crippen LogP contribution in [0.1, 0.15) is 55.3 Å². The van der Waals surface area contributed by atoms with E-state index in [0.717, 1.165) is 57.4 Å². The number of rotatable bonds is 7. The number of morpholine rings is 2. The van der Waals surface area contributed by atoms with Gasteiger partial charge in [0.05, 0.1) is 38.5 Å². The van der Waals surface area contributed by atoms with Crippen LogP contribution >= 0.6 is 0 Å². The van der Waals surface area contributed by atoms with Crippen molar-refractivity contribution in [2.45, 2.75) is 63.1 Å². The number of amides is 3. The van der Waals surface area contributed by atoms with Crippen molar-refractivity contribution >= 4 is 35.2 Å². The highest BCUT2D eigenvalue weighted by molar-refractivity contribution is 6.00. The number of ether oxygens (including phenoxy) is 2. The monoisotopic (exact) mass is 681 g/mol. The molecule has 8 rings (SSSR count). The van der Waals surface area contributed by atoms with Crippen molar-refractivity contribution in [2.75, 3.05) is 86.1 Å². The van der Waals surface area contributed by atoms with Gasteiger partial charge < -0.3 is 39.7 Å². The Hall–Kier alpha value is -4.33. The zero-order valence-corrected chi connectivity index (χ0v) is 28.6. The fourth-order valence-corrected chi connectivity index (χ4v) is 8.08. The molecule has 1 aromatic heterocycles. The fraction of sp³-hybridized carbons (Fsp3) is 0.541. The molecule has 2 atom stereocenters. The van der Waals surface area contributed by atoms with E-state index in [0.29, 0.717) is 67.1 Å². The minimum absolute atomic E-state index is 0.0520. The van der Waals surface area contributed by atoms with E-state index in [1.165, 1.54) is 32.4 Å². The summed E-state index contributed by atoms with van der Waals surface area (Å²) in [7, 11) is 0. The van der Waals surface area contributed by atoms with E-state index < -0.39 is 0 Å². The molecule has 3 amide bonds. The van der Waals surface area contributed by atoms with Crippen molar-refractivity contribution in [3.63, 3.8) is 0 Å². The van der Waals surface area contributed by atoms with Crippen molar-refractivity contribution < 1.29 is 19.1 Å². The summed E-state index contributed by atoms with van der Waals surface area (Å²) in [6, 6.07) is 15.5. The van der Waals surface area contributed by atoms with E-state index in [1.807, 2.05) is 29.2 Å². The third-order valence-corrected chi connectivity index (χ3v) is 10.8. The highest BCUT2D eigenvalue weighted by Crippen LogP contribution is 2.33. The van der Waals surface area contributed by atoms with Crippen molar-refractivity contribution in [1.29, 1.82) is 0 Å². The Kier molecular flexibility index (Phi) is 9.77. The topological polar surface area (TPSA) is 128 Å². The van der Waals surface area contributed by atoms with Gasteiger partial charge >= 0.3 is 6.03 Å². The molecular formula is C37H47N9O4. The lowest BCUT2D eigenvalue weighted by atomic mass is 9.95. The van der Waals surface area contributed by atoms with Crippen molar-refractivity contribution in [1.82, 2.24) is 24.8 Å². The third kappa shape index (κ3) is 7.26. The second-order valence-corrected chi connectivity index (χ2v) is 14.0. The van der Waals surface area contributed by atoms with Gasteiger partial charge in [0.15, 0.2) is 5.82 Å². The number of hydrogen-bond donors (Lipinski definition) is 2. The Morgan fingerprint density at radius 1 is 0.640 bits per heavy atom. The van der Waals surface area contributed by atoms with Crippen LogP contribution in [-0.2, 0) is 9.47 Å². The molecule has 5 aliphatic heterocycles. The van der Waals surface area contributed by atoms with Crippen LogP contribution in [0.4, 0.5) is 28.1 Å². The summed E-state index contributed by atoms with van der Waals surface area (Å²) in [5.41, 5.74) is 2.74. The zero-order chi connectivity index (χ0) is 33.9. The van der Waals surface area contributed by atoms with Crippen LogP contribution in [0, 0.1) is 0 Å².